The van der Waals surface area contributed by atoms with Crippen LogP contribution in [0.1, 0.15) is 95.6 Å². The van der Waals surface area contributed by atoms with Gasteiger partial charge in [-0.3, -0.25) is 9.05 Å². The van der Waals surface area contributed by atoms with Gasteiger partial charge in [0.05, 0.1) is 6.61 Å². The number of carbonyl (C=O) groups is 1. The van der Waals surface area contributed by atoms with E-state index < -0.39 is 19.4 Å². The fourth-order valence-corrected chi connectivity index (χ4v) is 6.84. The molecule has 0 radical (unpaired) electrons. The van der Waals surface area contributed by atoms with Crippen LogP contribution in [0.4, 0.5) is 0 Å². The van der Waals surface area contributed by atoms with Crippen LogP contribution in [0.15, 0.2) is 35.9 Å². The van der Waals surface area contributed by atoms with Crippen molar-refractivity contribution in [2.45, 2.75) is 96.5 Å². The maximum atomic E-state index is 13.8. The molecule has 9 heteroatoms. The molecule has 0 aliphatic heterocycles. The Morgan fingerprint density at radius 2 is 1.93 bits per heavy atom. The summed E-state index contributed by atoms with van der Waals surface area (Å²) in [5.74, 6) is -0.504. The lowest BCUT2D eigenvalue weighted by Gasteiger charge is -2.33. The highest BCUT2D eigenvalue weighted by Crippen LogP contribution is 2.53. The number of likely N-dealkylation sites (N-methyl/N-ethyl adjacent to an activating group) is 1. The summed E-state index contributed by atoms with van der Waals surface area (Å²) in [4.78, 5) is 26.1. The largest absolute Gasteiger partial charge is 0.507 e. The van der Waals surface area contributed by atoms with E-state index in [-0.39, 0.29) is 42.8 Å². The third-order valence-electron chi connectivity index (χ3n) is 8.03. The minimum atomic E-state index is -4.53. The van der Waals surface area contributed by atoms with Gasteiger partial charge in [-0.2, -0.15) is 0 Å². The first-order chi connectivity index (χ1) is 18.9. The number of ether oxygens (including phenoxy) is 1. The third-order valence-corrected chi connectivity index (χ3v) is 9.12. The average molecular weight is 578 g/mol. The molecule has 2 N–H and O–H groups in total. The van der Waals surface area contributed by atoms with Crippen molar-refractivity contribution in [2.24, 2.45) is 5.92 Å². The molecule has 1 aromatic rings. The maximum Gasteiger partial charge on any atom is 0.473 e. The number of hydrogen-bond acceptors (Lipinski definition) is 7. The van der Waals surface area contributed by atoms with E-state index in [9.17, 15) is 19.4 Å². The Bertz CT molecular complexity index is 1120. The van der Waals surface area contributed by atoms with Crippen LogP contribution in [0.5, 0.6) is 11.5 Å². The number of benzene rings is 1. The predicted molar refractivity (Wildman–Crippen MR) is 158 cm³/mol. The highest BCUT2D eigenvalue weighted by Gasteiger charge is 2.50. The van der Waals surface area contributed by atoms with Gasteiger partial charge in [0, 0.05) is 18.0 Å². The molecule has 2 aliphatic carbocycles. The molecule has 0 bridgehead atoms. The summed E-state index contributed by atoms with van der Waals surface area (Å²) in [6, 6.07) is 3.61. The summed E-state index contributed by atoms with van der Waals surface area (Å²) < 4.78 is 29.7. The molecule has 0 aromatic heterocycles. The third kappa shape index (κ3) is 8.53. The van der Waals surface area contributed by atoms with Crippen molar-refractivity contribution in [3.8, 4) is 11.5 Å². The van der Waals surface area contributed by atoms with Gasteiger partial charge in [0.1, 0.15) is 11.5 Å². The first-order valence-corrected chi connectivity index (χ1v) is 16.1. The summed E-state index contributed by atoms with van der Waals surface area (Å²) >= 11 is 0. The van der Waals surface area contributed by atoms with Crippen LogP contribution in [0.25, 0.3) is 0 Å². The quantitative estimate of drug-likeness (QED) is 0.0796. The number of phosphoric acid groups is 1. The van der Waals surface area contributed by atoms with Gasteiger partial charge in [0.15, 0.2) is 5.60 Å². The summed E-state index contributed by atoms with van der Waals surface area (Å²) in [6.07, 6.45) is 9.58. The summed E-state index contributed by atoms with van der Waals surface area (Å²) in [7, 11) is -0.874. The Labute approximate surface area is 240 Å². The molecule has 8 nitrogen and oxygen atoms in total. The number of aromatic hydroxyl groups is 1. The molecule has 0 spiro atoms. The Balaban J connectivity index is 1.98. The molecule has 0 saturated heterocycles. The molecule has 1 fully saturated rings. The smallest absolute Gasteiger partial charge is 0.473 e. The molecular formula is C31H48NO7P. The van der Waals surface area contributed by atoms with E-state index >= 15 is 0 Å². The van der Waals surface area contributed by atoms with E-state index in [0.29, 0.717) is 24.9 Å². The zero-order chi connectivity index (χ0) is 29.5. The number of aryl methyl sites for hydroxylation is 1. The van der Waals surface area contributed by atoms with Crippen molar-refractivity contribution in [2.75, 3.05) is 27.2 Å². The van der Waals surface area contributed by atoms with Crippen LogP contribution in [0.2, 0.25) is 0 Å². The Kier molecular flexibility index (Phi) is 11.6. The summed E-state index contributed by atoms with van der Waals surface area (Å²) in [5.41, 5.74) is 2.03. The van der Waals surface area contributed by atoms with Crippen LogP contribution in [0, 0.1) is 5.92 Å². The lowest BCUT2D eigenvalue weighted by Crippen LogP contribution is -2.41. The number of rotatable bonds is 14. The number of phenolic OH excluding ortho intramolecular Hbond substituents is 1. The van der Waals surface area contributed by atoms with Crippen LogP contribution in [-0.4, -0.2) is 53.7 Å². The highest BCUT2D eigenvalue weighted by molar-refractivity contribution is 7.47. The van der Waals surface area contributed by atoms with Crippen molar-refractivity contribution in [1.29, 1.82) is 0 Å². The van der Waals surface area contributed by atoms with E-state index in [1.807, 2.05) is 32.0 Å². The second kappa shape index (κ2) is 14.3. The molecule has 3 atom stereocenters. The molecule has 0 amide bonds. The van der Waals surface area contributed by atoms with Crippen molar-refractivity contribution in [3.05, 3.63) is 47.1 Å². The van der Waals surface area contributed by atoms with E-state index in [1.165, 1.54) is 5.57 Å². The van der Waals surface area contributed by atoms with E-state index in [2.05, 4.69) is 26.5 Å². The van der Waals surface area contributed by atoms with E-state index in [1.54, 1.807) is 6.07 Å². The van der Waals surface area contributed by atoms with Gasteiger partial charge < -0.3 is 19.6 Å². The SMILES string of the molecule is C=C(C)[C@@H]1CCC(C)=C[C@H]1c1c(O)cc(CCCCC)cc1OC(=O)C1(OP(=O)(O)OCCN(C)C)CCCC1. The highest BCUT2D eigenvalue weighted by atomic mass is 31.2. The lowest BCUT2D eigenvalue weighted by atomic mass is 9.73. The average Bonchev–Trinajstić information content (AvgIpc) is 3.32. The fourth-order valence-electron chi connectivity index (χ4n) is 5.77. The molecule has 1 aromatic carbocycles. The number of carbonyl (C=O) groups excluding carboxylic acids is 1. The number of esters is 1. The Hall–Kier alpha value is -1.96. The standard InChI is InChI=1S/C31H48NO7P/c1-7-8-9-12-24-20-27(33)29(26-19-23(4)13-14-25(26)22(2)3)28(21-24)38-30(34)31(15-10-11-16-31)39-40(35,36)37-18-17-32(5)6/h19-21,25-26,33H,2,7-18H2,1,3-6H3,(H,35,36)/t25-,26+/m0/s1. The zero-order valence-corrected chi connectivity index (χ0v) is 25.8. The molecular weight excluding hydrogens is 529 g/mol. The molecule has 40 heavy (non-hydrogen) atoms. The van der Waals surface area contributed by atoms with E-state index in [0.717, 1.165) is 49.7 Å². The Morgan fingerprint density at radius 1 is 1.23 bits per heavy atom. The maximum absolute atomic E-state index is 13.8. The van der Waals surface area contributed by atoms with Crippen molar-refractivity contribution < 1.29 is 33.1 Å². The van der Waals surface area contributed by atoms with E-state index in [4.69, 9.17) is 13.8 Å². The number of hydrogen-bond donors (Lipinski definition) is 2. The topological polar surface area (TPSA) is 106 Å². The number of nitrogens with zero attached hydrogens (tertiary/aromatic N) is 1. The fraction of sp³-hybridized carbons (Fsp3) is 0.645. The zero-order valence-electron chi connectivity index (χ0n) is 24.9. The minimum absolute atomic E-state index is 0.0145. The van der Waals surface area contributed by atoms with Gasteiger partial charge >= 0.3 is 13.8 Å². The number of phosphoric ester groups is 1. The minimum Gasteiger partial charge on any atom is -0.507 e. The van der Waals surface area contributed by atoms with Gasteiger partial charge in [0.2, 0.25) is 0 Å². The molecule has 1 saturated carbocycles. The van der Waals surface area contributed by atoms with Crippen molar-refractivity contribution in [1.82, 2.24) is 4.90 Å². The monoisotopic (exact) mass is 577 g/mol. The molecule has 3 rings (SSSR count). The molecule has 1 unspecified atom stereocenters. The normalized spacial score (nSPS) is 22.1. The molecule has 2 aliphatic rings. The molecule has 224 valence electrons. The number of allylic oxidation sites excluding steroid dienone is 3. The van der Waals surface area contributed by atoms with Gasteiger partial charge in [-0.25, -0.2) is 9.36 Å². The van der Waals surface area contributed by atoms with Crippen LogP contribution in [0.3, 0.4) is 0 Å². The van der Waals surface area contributed by atoms with Gasteiger partial charge in [-0.1, -0.05) is 43.6 Å². The predicted octanol–water partition coefficient (Wildman–Crippen LogP) is 7.05. The second-order valence-corrected chi connectivity index (χ2v) is 13.2. The number of unbranched alkanes of at least 4 members (excludes halogenated alkanes) is 2. The van der Waals surface area contributed by atoms with Crippen molar-refractivity contribution in [3.63, 3.8) is 0 Å². The first kappa shape index (κ1) is 32.6. The Morgan fingerprint density at radius 3 is 2.55 bits per heavy atom. The summed E-state index contributed by atoms with van der Waals surface area (Å²) in [5, 5.41) is 11.3. The van der Waals surface area contributed by atoms with Gasteiger partial charge in [-0.15, -0.1) is 0 Å². The summed E-state index contributed by atoms with van der Waals surface area (Å²) in [6.45, 7) is 10.8. The van der Waals surface area contributed by atoms with Crippen LogP contribution < -0.4 is 4.74 Å². The number of phenols is 1. The van der Waals surface area contributed by atoms with Crippen molar-refractivity contribution >= 4 is 13.8 Å². The van der Waals surface area contributed by atoms with Gasteiger partial charge in [-0.05, 0) is 103 Å². The van der Waals surface area contributed by atoms with Gasteiger partial charge in [0.25, 0.3) is 0 Å². The molecule has 0 heterocycles. The lowest BCUT2D eigenvalue weighted by molar-refractivity contribution is -0.153. The van der Waals surface area contributed by atoms with Crippen LogP contribution in [-0.2, 0) is 24.8 Å². The second-order valence-electron chi connectivity index (χ2n) is 11.8. The van der Waals surface area contributed by atoms with Crippen LogP contribution >= 0.6 is 7.82 Å². The first-order valence-electron chi connectivity index (χ1n) is 14.6.